The van der Waals surface area contributed by atoms with Crippen LogP contribution < -0.4 is 10.1 Å². The molecule has 1 aromatic heterocycles. The summed E-state index contributed by atoms with van der Waals surface area (Å²) in [6, 6.07) is 12.8. The molecule has 0 bridgehead atoms. The van der Waals surface area contributed by atoms with Crippen molar-refractivity contribution in [2.24, 2.45) is 5.41 Å². The van der Waals surface area contributed by atoms with Gasteiger partial charge in [0, 0.05) is 18.1 Å². The van der Waals surface area contributed by atoms with Crippen molar-refractivity contribution in [1.29, 1.82) is 5.26 Å². The van der Waals surface area contributed by atoms with E-state index in [2.05, 4.69) is 16.4 Å². The van der Waals surface area contributed by atoms with Crippen LogP contribution in [0.5, 0.6) is 11.5 Å². The van der Waals surface area contributed by atoms with Crippen LogP contribution in [0.4, 0.5) is 5.69 Å². The molecule has 1 aliphatic carbocycles. The lowest BCUT2D eigenvalue weighted by Gasteiger charge is -2.19. The van der Waals surface area contributed by atoms with E-state index in [0.717, 1.165) is 12.8 Å². The summed E-state index contributed by atoms with van der Waals surface area (Å²) in [6.07, 6.45) is 6.45. The number of benzene rings is 1. The van der Waals surface area contributed by atoms with Gasteiger partial charge in [-0.25, -0.2) is 0 Å². The number of pyridine rings is 1. The van der Waals surface area contributed by atoms with Gasteiger partial charge in [-0.3, -0.25) is 9.78 Å². The van der Waals surface area contributed by atoms with Gasteiger partial charge in [-0.15, -0.1) is 0 Å². The van der Waals surface area contributed by atoms with Crippen molar-refractivity contribution in [1.82, 2.24) is 4.98 Å². The minimum absolute atomic E-state index is 0.208. The highest BCUT2D eigenvalue weighted by Crippen LogP contribution is 2.38. The van der Waals surface area contributed by atoms with Crippen LogP contribution >= 0.6 is 0 Å². The Hall–Kier alpha value is -2.87. The van der Waals surface area contributed by atoms with Crippen LogP contribution in [0, 0.1) is 16.7 Å². The van der Waals surface area contributed by atoms with Gasteiger partial charge in [0.05, 0.1) is 6.07 Å². The molecule has 0 saturated heterocycles. The van der Waals surface area contributed by atoms with E-state index in [-0.39, 0.29) is 5.91 Å². The molecule has 0 aliphatic heterocycles. The van der Waals surface area contributed by atoms with Gasteiger partial charge in [0.25, 0.3) is 0 Å². The third kappa shape index (κ3) is 3.32. The summed E-state index contributed by atoms with van der Waals surface area (Å²) in [7, 11) is 0. The molecule has 3 rings (SSSR count). The second kappa shape index (κ2) is 6.49. The molecule has 1 N–H and O–H groups in total. The summed E-state index contributed by atoms with van der Waals surface area (Å²) in [6.45, 7) is 0. The van der Waals surface area contributed by atoms with Crippen LogP contribution in [0.1, 0.15) is 25.7 Å². The summed E-state index contributed by atoms with van der Waals surface area (Å²) >= 11 is 0. The molecule has 1 heterocycles. The van der Waals surface area contributed by atoms with E-state index >= 15 is 0 Å². The van der Waals surface area contributed by atoms with Gasteiger partial charge in [-0.05, 0) is 49.2 Å². The number of anilines is 1. The van der Waals surface area contributed by atoms with Crippen LogP contribution in [-0.2, 0) is 4.79 Å². The number of ether oxygens (including phenoxy) is 1. The number of nitriles is 1. The van der Waals surface area contributed by atoms with E-state index in [9.17, 15) is 10.1 Å². The fraction of sp³-hybridized carbons (Fsp3) is 0.278. The molecule has 23 heavy (non-hydrogen) atoms. The Morgan fingerprint density at radius 3 is 2.30 bits per heavy atom. The molecule has 1 amide bonds. The zero-order valence-electron chi connectivity index (χ0n) is 12.7. The Balaban J connectivity index is 1.66. The third-order valence-corrected chi connectivity index (χ3v) is 4.10. The summed E-state index contributed by atoms with van der Waals surface area (Å²) in [5, 5.41) is 12.2. The van der Waals surface area contributed by atoms with Crippen LogP contribution in [-0.4, -0.2) is 10.9 Å². The van der Waals surface area contributed by atoms with E-state index in [1.165, 1.54) is 0 Å². The molecule has 0 unspecified atom stereocenters. The molecule has 0 spiro atoms. The number of hydrogen-bond acceptors (Lipinski definition) is 4. The molecule has 0 radical (unpaired) electrons. The van der Waals surface area contributed by atoms with Crippen molar-refractivity contribution in [3.63, 3.8) is 0 Å². The lowest BCUT2D eigenvalue weighted by atomic mass is 9.87. The van der Waals surface area contributed by atoms with Crippen LogP contribution in [0.3, 0.4) is 0 Å². The lowest BCUT2D eigenvalue weighted by Crippen LogP contribution is -2.32. The second-order valence-electron chi connectivity index (χ2n) is 5.66. The summed E-state index contributed by atoms with van der Waals surface area (Å²) in [5.41, 5.74) is -0.203. The van der Waals surface area contributed by atoms with Crippen molar-refractivity contribution in [2.45, 2.75) is 25.7 Å². The SMILES string of the molecule is N#CC1(C(=O)Nc2ccc(Oc3ccncc3)cc2)CCCC1. The number of nitrogens with one attached hydrogen (secondary N) is 1. The number of aromatic nitrogens is 1. The van der Waals surface area contributed by atoms with Crippen molar-refractivity contribution >= 4 is 11.6 Å². The lowest BCUT2D eigenvalue weighted by molar-refractivity contribution is -0.122. The fourth-order valence-corrected chi connectivity index (χ4v) is 2.77. The first kappa shape index (κ1) is 15.0. The zero-order chi connectivity index (χ0) is 16.1. The number of hydrogen-bond donors (Lipinski definition) is 1. The summed E-state index contributed by atoms with van der Waals surface area (Å²) < 4.78 is 5.67. The predicted molar refractivity (Wildman–Crippen MR) is 85.9 cm³/mol. The fourth-order valence-electron chi connectivity index (χ4n) is 2.77. The average Bonchev–Trinajstić information content (AvgIpc) is 3.08. The Bertz CT molecular complexity index is 714. The Morgan fingerprint density at radius 1 is 1.09 bits per heavy atom. The smallest absolute Gasteiger partial charge is 0.244 e. The molecule has 5 heteroatoms. The predicted octanol–water partition coefficient (Wildman–Crippen LogP) is 3.90. The van der Waals surface area contributed by atoms with Crippen LogP contribution in [0.2, 0.25) is 0 Å². The highest BCUT2D eigenvalue weighted by molar-refractivity contribution is 5.97. The Kier molecular flexibility index (Phi) is 4.24. The first-order chi connectivity index (χ1) is 11.2. The molecule has 1 aromatic carbocycles. The Morgan fingerprint density at radius 2 is 1.70 bits per heavy atom. The third-order valence-electron chi connectivity index (χ3n) is 4.10. The zero-order valence-corrected chi connectivity index (χ0v) is 12.7. The highest BCUT2D eigenvalue weighted by atomic mass is 16.5. The summed E-state index contributed by atoms with van der Waals surface area (Å²) in [5.74, 6) is 1.16. The maximum atomic E-state index is 12.4. The van der Waals surface area contributed by atoms with E-state index in [1.54, 1.807) is 48.8 Å². The number of carbonyl (C=O) groups is 1. The first-order valence-corrected chi connectivity index (χ1v) is 7.62. The van der Waals surface area contributed by atoms with Gasteiger partial charge in [-0.1, -0.05) is 12.8 Å². The second-order valence-corrected chi connectivity index (χ2v) is 5.66. The molecule has 0 atom stereocenters. The van der Waals surface area contributed by atoms with Crippen molar-refractivity contribution in [3.8, 4) is 17.6 Å². The van der Waals surface area contributed by atoms with E-state index in [4.69, 9.17) is 4.74 Å². The van der Waals surface area contributed by atoms with Crippen molar-refractivity contribution < 1.29 is 9.53 Å². The minimum Gasteiger partial charge on any atom is -0.457 e. The van der Waals surface area contributed by atoms with Crippen molar-refractivity contribution in [2.75, 3.05) is 5.32 Å². The van der Waals surface area contributed by atoms with E-state index in [0.29, 0.717) is 30.0 Å². The molecule has 1 aliphatic rings. The molecular weight excluding hydrogens is 290 g/mol. The van der Waals surface area contributed by atoms with Gasteiger partial charge in [0.1, 0.15) is 16.9 Å². The standard InChI is InChI=1S/C18H17N3O2/c19-13-18(9-1-2-10-18)17(22)21-14-3-5-15(6-4-14)23-16-7-11-20-12-8-16/h3-8,11-12H,1-2,9-10H2,(H,21,22). The number of amides is 1. The number of rotatable bonds is 4. The van der Waals surface area contributed by atoms with Crippen molar-refractivity contribution in [3.05, 3.63) is 48.8 Å². The maximum Gasteiger partial charge on any atom is 0.244 e. The highest BCUT2D eigenvalue weighted by Gasteiger charge is 2.41. The molecule has 2 aromatic rings. The summed E-state index contributed by atoms with van der Waals surface area (Å²) in [4.78, 5) is 16.3. The van der Waals surface area contributed by atoms with Gasteiger partial charge < -0.3 is 10.1 Å². The van der Waals surface area contributed by atoms with Gasteiger partial charge in [0.2, 0.25) is 5.91 Å². The van der Waals surface area contributed by atoms with E-state index < -0.39 is 5.41 Å². The van der Waals surface area contributed by atoms with Crippen LogP contribution in [0.15, 0.2) is 48.8 Å². The normalized spacial score (nSPS) is 15.6. The largest absolute Gasteiger partial charge is 0.457 e. The quantitative estimate of drug-likeness (QED) is 0.929. The van der Waals surface area contributed by atoms with Crippen LogP contribution in [0.25, 0.3) is 0 Å². The molecule has 1 saturated carbocycles. The van der Waals surface area contributed by atoms with E-state index in [1.807, 2.05) is 0 Å². The topological polar surface area (TPSA) is 75.0 Å². The molecule has 5 nitrogen and oxygen atoms in total. The molecule has 1 fully saturated rings. The molecule has 116 valence electrons. The minimum atomic E-state index is -0.869. The Labute approximate surface area is 134 Å². The van der Waals surface area contributed by atoms with Gasteiger partial charge >= 0.3 is 0 Å². The maximum absolute atomic E-state index is 12.4. The number of carbonyl (C=O) groups excluding carboxylic acids is 1. The average molecular weight is 307 g/mol. The monoisotopic (exact) mass is 307 g/mol. The number of nitrogens with zero attached hydrogens (tertiary/aromatic N) is 2. The molecular formula is C18H17N3O2. The van der Waals surface area contributed by atoms with Gasteiger partial charge in [0.15, 0.2) is 0 Å². The first-order valence-electron chi connectivity index (χ1n) is 7.62. The van der Waals surface area contributed by atoms with Gasteiger partial charge in [-0.2, -0.15) is 5.26 Å².